The number of amides is 1. The van der Waals surface area contributed by atoms with Gasteiger partial charge in [0.2, 0.25) is 5.88 Å². The van der Waals surface area contributed by atoms with Gasteiger partial charge in [-0.3, -0.25) is 4.79 Å². The largest absolute Gasteiger partial charge is 0.468 e. The molecule has 0 saturated heterocycles. The van der Waals surface area contributed by atoms with Gasteiger partial charge >= 0.3 is 6.18 Å². The molecule has 1 aromatic carbocycles. The van der Waals surface area contributed by atoms with E-state index in [-0.39, 0.29) is 11.4 Å². The number of halogens is 4. The maximum absolute atomic E-state index is 12.0. The molecule has 0 unspecified atom stereocenters. The third-order valence-corrected chi connectivity index (χ3v) is 2.74. The van der Waals surface area contributed by atoms with E-state index in [0.29, 0.717) is 10.7 Å². The van der Waals surface area contributed by atoms with Gasteiger partial charge in [0.15, 0.2) is 6.61 Å². The van der Waals surface area contributed by atoms with Gasteiger partial charge in [-0.25, -0.2) is 4.98 Å². The molecule has 1 N–H and O–H groups in total. The summed E-state index contributed by atoms with van der Waals surface area (Å²) in [5.41, 5.74) is 0.723. The van der Waals surface area contributed by atoms with Crippen LogP contribution in [-0.4, -0.2) is 23.7 Å². The van der Waals surface area contributed by atoms with Crippen LogP contribution in [0.15, 0.2) is 42.6 Å². The zero-order chi connectivity index (χ0) is 16.2. The van der Waals surface area contributed by atoms with Crippen molar-refractivity contribution in [2.24, 2.45) is 0 Å². The Morgan fingerprint density at radius 1 is 1.18 bits per heavy atom. The Morgan fingerprint density at radius 3 is 2.41 bits per heavy atom. The minimum atomic E-state index is -4.44. The van der Waals surface area contributed by atoms with E-state index in [9.17, 15) is 18.0 Å². The van der Waals surface area contributed by atoms with Gasteiger partial charge in [-0.15, -0.1) is 0 Å². The number of benzene rings is 1. The van der Waals surface area contributed by atoms with E-state index >= 15 is 0 Å². The van der Waals surface area contributed by atoms with Crippen LogP contribution >= 0.6 is 11.6 Å². The van der Waals surface area contributed by atoms with E-state index in [2.05, 4.69) is 15.0 Å². The van der Waals surface area contributed by atoms with E-state index in [0.717, 1.165) is 6.20 Å². The number of carbonyl (C=O) groups is 1. The highest BCUT2D eigenvalue weighted by Gasteiger charge is 2.28. The Bertz CT molecular complexity index is 643. The van der Waals surface area contributed by atoms with Crippen LogP contribution in [0.25, 0.3) is 0 Å². The molecule has 8 heteroatoms. The van der Waals surface area contributed by atoms with Gasteiger partial charge in [-0.2, -0.15) is 13.2 Å². The van der Waals surface area contributed by atoms with Gasteiger partial charge in [0.1, 0.15) is 0 Å². The summed E-state index contributed by atoms with van der Waals surface area (Å²) in [7, 11) is 0. The second kappa shape index (κ2) is 6.65. The number of ether oxygens (including phenoxy) is 1. The van der Waals surface area contributed by atoms with Crippen molar-refractivity contribution in [1.82, 2.24) is 4.98 Å². The maximum Gasteiger partial charge on any atom is 0.422 e. The van der Waals surface area contributed by atoms with Crippen molar-refractivity contribution in [2.75, 3.05) is 11.9 Å². The first-order valence-corrected chi connectivity index (χ1v) is 6.44. The number of hydrogen-bond donors (Lipinski definition) is 1. The molecule has 0 spiro atoms. The van der Waals surface area contributed by atoms with Crippen LogP contribution in [0.5, 0.6) is 5.88 Å². The Balaban J connectivity index is 1.97. The Morgan fingerprint density at radius 2 is 1.86 bits per heavy atom. The van der Waals surface area contributed by atoms with Gasteiger partial charge in [-0.05, 0) is 30.3 Å². The number of nitrogens with one attached hydrogen (secondary N) is 1. The number of hydrogen-bond acceptors (Lipinski definition) is 3. The van der Waals surface area contributed by atoms with Crippen LogP contribution in [0.1, 0.15) is 10.4 Å². The number of anilines is 1. The molecule has 0 saturated carbocycles. The molecule has 1 aromatic heterocycles. The molecular formula is C14H10ClF3N2O2. The molecule has 1 amide bonds. The van der Waals surface area contributed by atoms with Gasteiger partial charge in [-0.1, -0.05) is 11.6 Å². The molecule has 0 fully saturated rings. The summed E-state index contributed by atoms with van der Waals surface area (Å²) in [6.45, 7) is -1.43. The number of pyridine rings is 1. The lowest BCUT2D eigenvalue weighted by molar-refractivity contribution is -0.154. The normalized spacial score (nSPS) is 11.1. The summed E-state index contributed by atoms with van der Waals surface area (Å²) in [6.07, 6.45) is -3.30. The Hall–Kier alpha value is -2.28. The van der Waals surface area contributed by atoms with Gasteiger partial charge < -0.3 is 10.1 Å². The van der Waals surface area contributed by atoms with Crippen molar-refractivity contribution in [1.29, 1.82) is 0 Å². The minimum absolute atomic E-state index is 0.189. The molecule has 0 bridgehead atoms. The smallest absolute Gasteiger partial charge is 0.422 e. The average Bonchev–Trinajstić information content (AvgIpc) is 2.47. The zero-order valence-corrected chi connectivity index (χ0v) is 11.8. The Labute approximate surface area is 128 Å². The topological polar surface area (TPSA) is 51.2 Å². The standard InChI is InChI=1S/C14H10ClF3N2O2/c15-10-2-4-11(5-3-10)20-13(21)9-1-6-12(19-7-9)22-8-14(16,17)18/h1-7H,8H2,(H,20,21). The number of nitrogens with zero attached hydrogens (tertiary/aromatic N) is 1. The summed E-state index contributed by atoms with van der Waals surface area (Å²) in [4.78, 5) is 15.6. The fourth-order valence-corrected chi connectivity index (χ4v) is 1.62. The van der Waals surface area contributed by atoms with Crippen LogP contribution in [-0.2, 0) is 0 Å². The molecule has 2 rings (SSSR count). The first kappa shape index (κ1) is 16.1. The third kappa shape index (κ3) is 4.92. The van der Waals surface area contributed by atoms with Crippen molar-refractivity contribution in [3.8, 4) is 5.88 Å². The highest BCUT2D eigenvalue weighted by atomic mass is 35.5. The van der Waals surface area contributed by atoms with Crippen LogP contribution < -0.4 is 10.1 Å². The van der Waals surface area contributed by atoms with Gasteiger partial charge in [0.05, 0.1) is 5.56 Å². The lowest BCUT2D eigenvalue weighted by Gasteiger charge is -2.09. The zero-order valence-electron chi connectivity index (χ0n) is 11.0. The first-order valence-electron chi connectivity index (χ1n) is 6.06. The molecule has 0 atom stereocenters. The van der Waals surface area contributed by atoms with Crippen molar-refractivity contribution in [3.05, 3.63) is 53.2 Å². The SMILES string of the molecule is O=C(Nc1ccc(Cl)cc1)c1ccc(OCC(F)(F)F)nc1. The summed E-state index contributed by atoms with van der Waals surface area (Å²) >= 11 is 5.73. The van der Waals surface area contributed by atoms with Crippen LogP contribution in [0.3, 0.4) is 0 Å². The van der Waals surface area contributed by atoms with E-state index in [1.54, 1.807) is 24.3 Å². The molecule has 22 heavy (non-hydrogen) atoms. The molecule has 4 nitrogen and oxygen atoms in total. The second-order valence-corrected chi connectivity index (χ2v) is 4.69. The van der Waals surface area contributed by atoms with Crippen molar-refractivity contribution >= 4 is 23.2 Å². The first-order chi connectivity index (χ1) is 10.3. The van der Waals surface area contributed by atoms with Crippen LogP contribution in [0.4, 0.5) is 18.9 Å². The molecule has 2 aromatic rings. The lowest BCUT2D eigenvalue weighted by Crippen LogP contribution is -2.19. The van der Waals surface area contributed by atoms with Crippen LogP contribution in [0.2, 0.25) is 5.02 Å². The van der Waals surface area contributed by atoms with Gasteiger partial charge in [0, 0.05) is 23.0 Å². The number of rotatable bonds is 4. The number of aromatic nitrogens is 1. The summed E-state index contributed by atoms with van der Waals surface area (Å²) in [5, 5.41) is 3.14. The van der Waals surface area contributed by atoms with E-state index in [1.165, 1.54) is 12.1 Å². The third-order valence-electron chi connectivity index (χ3n) is 2.48. The Kier molecular flexibility index (Phi) is 4.87. The fourth-order valence-electron chi connectivity index (χ4n) is 1.49. The molecule has 0 aliphatic rings. The molecule has 0 aliphatic heterocycles. The fraction of sp³-hybridized carbons (Fsp3) is 0.143. The molecule has 0 aliphatic carbocycles. The lowest BCUT2D eigenvalue weighted by atomic mass is 10.2. The quantitative estimate of drug-likeness (QED) is 0.924. The summed E-state index contributed by atoms with van der Waals surface area (Å²) in [5.74, 6) is -0.655. The van der Waals surface area contributed by atoms with Crippen LogP contribution in [0, 0.1) is 0 Å². The number of alkyl halides is 3. The predicted octanol–water partition coefficient (Wildman–Crippen LogP) is 3.93. The highest BCUT2D eigenvalue weighted by molar-refractivity contribution is 6.30. The highest BCUT2D eigenvalue weighted by Crippen LogP contribution is 2.18. The van der Waals surface area contributed by atoms with E-state index in [1.807, 2.05) is 0 Å². The van der Waals surface area contributed by atoms with Crippen molar-refractivity contribution < 1.29 is 22.7 Å². The predicted molar refractivity (Wildman–Crippen MR) is 75.2 cm³/mol. The molecule has 1 heterocycles. The molecule has 0 radical (unpaired) electrons. The van der Waals surface area contributed by atoms with Crippen molar-refractivity contribution in [3.63, 3.8) is 0 Å². The van der Waals surface area contributed by atoms with E-state index in [4.69, 9.17) is 11.6 Å². The monoisotopic (exact) mass is 330 g/mol. The molecular weight excluding hydrogens is 321 g/mol. The minimum Gasteiger partial charge on any atom is -0.468 e. The van der Waals surface area contributed by atoms with Crippen molar-refractivity contribution in [2.45, 2.75) is 6.18 Å². The average molecular weight is 331 g/mol. The van der Waals surface area contributed by atoms with Gasteiger partial charge in [0.25, 0.3) is 5.91 Å². The maximum atomic E-state index is 12.0. The second-order valence-electron chi connectivity index (χ2n) is 4.25. The summed E-state index contributed by atoms with van der Waals surface area (Å²) < 4.78 is 40.4. The van der Waals surface area contributed by atoms with E-state index < -0.39 is 18.7 Å². The summed E-state index contributed by atoms with van der Waals surface area (Å²) in [6, 6.07) is 8.99. The number of carbonyl (C=O) groups excluding carboxylic acids is 1. The molecule has 116 valence electrons.